The fraction of sp³-hybridized carbons (Fsp3) is 0.421. The van der Waals surface area contributed by atoms with E-state index in [1.54, 1.807) is 0 Å². The smallest absolute Gasteiger partial charge is 0.233 e. The van der Waals surface area contributed by atoms with Crippen molar-refractivity contribution in [2.75, 3.05) is 19.6 Å². The van der Waals surface area contributed by atoms with E-state index in [-0.39, 0.29) is 5.91 Å². The first-order chi connectivity index (χ1) is 11.3. The normalized spacial score (nSPS) is 16.6. The summed E-state index contributed by atoms with van der Waals surface area (Å²) in [5, 5.41) is 2.65. The van der Waals surface area contributed by atoms with Gasteiger partial charge in [0.2, 0.25) is 5.91 Å². The highest BCUT2D eigenvalue weighted by Gasteiger charge is 2.20. The van der Waals surface area contributed by atoms with Gasteiger partial charge >= 0.3 is 0 Å². The lowest BCUT2D eigenvalue weighted by molar-refractivity contribution is -0.121. The minimum absolute atomic E-state index is 0.0731. The number of piperidine rings is 1. The zero-order valence-electron chi connectivity index (χ0n) is 13.5. The average Bonchev–Trinajstić information content (AvgIpc) is 2.61. The summed E-state index contributed by atoms with van der Waals surface area (Å²) >= 11 is 0. The number of hydrogen-bond acceptors (Lipinski definition) is 3. The van der Waals surface area contributed by atoms with Crippen molar-refractivity contribution in [1.29, 1.82) is 0 Å². The van der Waals surface area contributed by atoms with E-state index >= 15 is 0 Å². The second kappa shape index (κ2) is 7.57. The standard InChI is InChI=1S/C19H25N3O/c20-21-19(23)6-3-11-22-12-9-16(10-13-22)18-8-7-15-4-1-2-5-17(15)14-18/h1-2,4-5,7-8,14,16H,3,6,9-13,20H2,(H,21,23). The number of hydrazine groups is 1. The second-order valence-electron chi connectivity index (χ2n) is 6.39. The molecule has 0 aliphatic carbocycles. The summed E-state index contributed by atoms with van der Waals surface area (Å²) in [6, 6.07) is 15.4. The van der Waals surface area contributed by atoms with Crippen molar-refractivity contribution >= 4 is 16.7 Å². The molecule has 0 unspecified atom stereocenters. The minimum atomic E-state index is -0.0731. The molecule has 23 heavy (non-hydrogen) atoms. The van der Waals surface area contributed by atoms with E-state index in [0.29, 0.717) is 12.3 Å². The van der Waals surface area contributed by atoms with E-state index in [1.165, 1.54) is 29.2 Å². The quantitative estimate of drug-likeness (QED) is 0.507. The number of rotatable bonds is 5. The molecule has 1 aliphatic heterocycles. The van der Waals surface area contributed by atoms with Crippen LogP contribution >= 0.6 is 0 Å². The molecule has 1 amide bonds. The summed E-state index contributed by atoms with van der Waals surface area (Å²) in [6.07, 6.45) is 3.79. The maximum atomic E-state index is 11.1. The molecule has 1 heterocycles. The van der Waals surface area contributed by atoms with Crippen LogP contribution in [0.4, 0.5) is 0 Å². The summed E-state index contributed by atoms with van der Waals surface area (Å²) in [4.78, 5) is 13.6. The lowest BCUT2D eigenvalue weighted by Crippen LogP contribution is -2.35. The van der Waals surface area contributed by atoms with Crippen LogP contribution in [0.15, 0.2) is 42.5 Å². The third kappa shape index (κ3) is 4.09. The van der Waals surface area contributed by atoms with Crippen LogP contribution < -0.4 is 11.3 Å². The molecule has 2 aromatic carbocycles. The predicted molar refractivity (Wildman–Crippen MR) is 93.9 cm³/mol. The van der Waals surface area contributed by atoms with Crippen molar-refractivity contribution in [2.45, 2.75) is 31.6 Å². The molecule has 0 bridgehead atoms. The maximum absolute atomic E-state index is 11.1. The van der Waals surface area contributed by atoms with Gasteiger partial charge in [0.25, 0.3) is 0 Å². The lowest BCUT2D eigenvalue weighted by Gasteiger charge is -2.32. The summed E-state index contributed by atoms with van der Waals surface area (Å²) in [5.74, 6) is 5.68. The molecule has 4 heteroatoms. The Kier molecular flexibility index (Phi) is 5.26. The topological polar surface area (TPSA) is 58.4 Å². The second-order valence-corrected chi connectivity index (χ2v) is 6.39. The van der Waals surface area contributed by atoms with Crippen LogP contribution in [0, 0.1) is 0 Å². The number of benzene rings is 2. The molecular weight excluding hydrogens is 286 g/mol. The van der Waals surface area contributed by atoms with Gasteiger partial charge in [0, 0.05) is 6.42 Å². The van der Waals surface area contributed by atoms with Crippen molar-refractivity contribution in [3.63, 3.8) is 0 Å². The van der Waals surface area contributed by atoms with Gasteiger partial charge in [-0.1, -0.05) is 42.5 Å². The highest BCUT2D eigenvalue weighted by molar-refractivity contribution is 5.83. The third-order valence-electron chi connectivity index (χ3n) is 4.87. The molecule has 0 saturated carbocycles. The van der Waals surface area contributed by atoms with Crippen LogP contribution in [-0.4, -0.2) is 30.4 Å². The average molecular weight is 311 g/mol. The van der Waals surface area contributed by atoms with Gasteiger partial charge in [-0.25, -0.2) is 5.84 Å². The van der Waals surface area contributed by atoms with Gasteiger partial charge in [0.05, 0.1) is 0 Å². The van der Waals surface area contributed by atoms with Crippen molar-refractivity contribution < 1.29 is 4.79 Å². The first-order valence-electron chi connectivity index (χ1n) is 8.47. The number of carbonyl (C=O) groups excluding carboxylic acids is 1. The molecule has 3 N–H and O–H groups in total. The summed E-state index contributed by atoms with van der Waals surface area (Å²) in [6.45, 7) is 3.21. The number of nitrogens with one attached hydrogen (secondary N) is 1. The Morgan fingerprint density at radius 1 is 1.13 bits per heavy atom. The van der Waals surface area contributed by atoms with Crippen LogP contribution in [0.3, 0.4) is 0 Å². The molecule has 0 spiro atoms. The van der Waals surface area contributed by atoms with Crippen LogP contribution in [0.2, 0.25) is 0 Å². The lowest BCUT2D eigenvalue weighted by atomic mass is 9.88. The number of amides is 1. The highest BCUT2D eigenvalue weighted by Crippen LogP contribution is 2.30. The zero-order chi connectivity index (χ0) is 16.1. The zero-order valence-corrected chi connectivity index (χ0v) is 13.5. The number of fused-ring (bicyclic) bond motifs is 1. The van der Waals surface area contributed by atoms with Crippen LogP contribution in [0.25, 0.3) is 10.8 Å². The number of hydrogen-bond donors (Lipinski definition) is 2. The Labute approximate surface area is 137 Å². The molecule has 0 radical (unpaired) electrons. The number of carbonyl (C=O) groups is 1. The van der Waals surface area contributed by atoms with Gasteiger partial charge in [0.15, 0.2) is 0 Å². The first-order valence-corrected chi connectivity index (χ1v) is 8.47. The molecule has 122 valence electrons. The maximum Gasteiger partial charge on any atom is 0.233 e. The van der Waals surface area contributed by atoms with Crippen molar-refractivity contribution in [3.8, 4) is 0 Å². The first kappa shape index (κ1) is 16.0. The summed E-state index contributed by atoms with van der Waals surface area (Å²) < 4.78 is 0. The van der Waals surface area contributed by atoms with Crippen molar-refractivity contribution in [1.82, 2.24) is 10.3 Å². The number of nitrogens with two attached hydrogens (primary N) is 1. The monoisotopic (exact) mass is 311 g/mol. The van der Waals surface area contributed by atoms with Gasteiger partial charge in [-0.05, 0) is 61.2 Å². The fourth-order valence-electron chi connectivity index (χ4n) is 3.49. The molecular formula is C19H25N3O. The van der Waals surface area contributed by atoms with Gasteiger partial charge in [-0.15, -0.1) is 0 Å². The van der Waals surface area contributed by atoms with Crippen LogP contribution in [0.1, 0.15) is 37.2 Å². The minimum Gasteiger partial charge on any atom is -0.303 e. The van der Waals surface area contributed by atoms with Crippen molar-refractivity contribution in [3.05, 3.63) is 48.0 Å². The van der Waals surface area contributed by atoms with E-state index in [0.717, 1.165) is 26.1 Å². The number of likely N-dealkylation sites (tertiary alicyclic amines) is 1. The molecule has 2 aromatic rings. The largest absolute Gasteiger partial charge is 0.303 e. The number of nitrogens with zero attached hydrogens (tertiary/aromatic N) is 1. The molecule has 1 saturated heterocycles. The molecule has 0 atom stereocenters. The van der Waals surface area contributed by atoms with Gasteiger partial charge in [0.1, 0.15) is 0 Å². The molecule has 4 nitrogen and oxygen atoms in total. The van der Waals surface area contributed by atoms with E-state index in [9.17, 15) is 4.79 Å². The van der Waals surface area contributed by atoms with Crippen LogP contribution in [-0.2, 0) is 4.79 Å². The van der Waals surface area contributed by atoms with Crippen LogP contribution in [0.5, 0.6) is 0 Å². The van der Waals surface area contributed by atoms with Gasteiger partial charge in [-0.3, -0.25) is 10.2 Å². The fourth-order valence-corrected chi connectivity index (χ4v) is 3.49. The van der Waals surface area contributed by atoms with E-state index in [4.69, 9.17) is 5.84 Å². The molecule has 0 aromatic heterocycles. The van der Waals surface area contributed by atoms with Gasteiger partial charge < -0.3 is 4.90 Å². The van der Waals surface area contributed by atoms with Gasteiger partial charge in [-0.2, -0.15) is 0 Å². The van der Waals surface area contributed by atoms with Crippen molar-refractivity contribution in [2.24, 2.45) is 5.84 Å². The van der Waals surface area contributed by atoms with E-state index in [2.05, 4.69) is 52.8 Å². The summed E-state index contributed by atoms with van der Waals surface area (Å²) in [5.41, 5.74) is 3.65. The SMILES string of the molecule is NNC(=O)CCCN1CCC(c2ccc3ccccc3c2)CC1. The summed E-state index contributed by atoms with van der Waals surface area (Å²) in [7, 11) is 0. The van der Waals surface area contributed by atoms with E-state index < -0.39 is 0 Å². The Morgan fingerprint density at radius 2 is 1.87 bits per heavy atom. The molecule has 3 rings (SSSR count). The Morgan fingerprint density at radius 3 is 2.61 bits per heavy atom. The predicted octanol–water partition coefficient (Wildman–Crippen LogP) is 2.79. The Bertz CT molecular complexity index is 662. The Balaban J connectivity index is 1.52. The Hall–Kier alpha value is -1.91. The highest BCUT2D eigenvalue weighted by atomic mass is 16.2. The molecule has 1 aliphatic rings. The van der Waals surface area contributed by atoms with E-state index in [1.807, 2.05) is 0 Å². The molecule has 1 fully saturated rings. The third-order valence-corrected chi connectivity index (χ3v) is 4.87.